The topological polar surface area (TPSA) is 33.1 Å². The van der Waals surface area contributed by atoms with Crippen molar-refractivity contribution in [3.05, 3.63) is 29.1 Å². The molecule has 0 saturated carbocycles. The van der Waals surface area contributed by atoms with Crippen LogP contribution in [0.3, 0.4) is 0 Å². The molecule has 13 heavy (non-hydrogen) atoms. The van der Waals surface area contributed by atoms with Crippen LogP contribution < -0.4 is 0 Å². The van der Waals surface area contributed by atoms with Crippen LogP contribution in [0.25, 0.3) is 0 Å². The second-order valence-corrected chi connectivity index (χ2v) is 3.70. The van der Waals surface area contributed by atoms with Crippen molar-refractivity contribution < 1.29 is 5.11 Å². The number of rotatable bonds is 2. The first-order chi connectivity index (χ1) is 6.02. The molecule has 0 aliphatic carbocycles. The standard InChI is InChI=1S/C11H17NO/c1-7-5-11(6-12-9(7)3)8(2)10(4)13/h5-6,8,10,13H,1-4H3. The lowest BCUT2D eigenvalue weighted by atomic mass is 9.96. The summed E-state index contributed by atoms with van der Waals surface area (Å²) in [6, 6.07) is 2.10. The van der Waals surface area contributed by atoms with Crippen molar-refractivity contribution in [2.75, 3.05) is 0 Å². The van der Waals surface area contributed by atoms with Gasteiger partial charge in [-0.25, -0.2) is 0 Å². The van der Waals surface area contributed by atoms with E-state index >= 15 is 0 Å². The van der Waals surface area contributed by atoms with E-state index in [2.05, 4.69) is 11.1 Å². The van der Waals surface area contributed by atoms with Gasteiger partial charge in [0, 0.05) is 17.8 Å². The third-order valence-corrected chi connectivity index (χ3v) is 2.61. The van der Waals surface area contributed by atoms with Gasteiger partial charge in [-0.05, 0) is 31.9 Å². The van der Waals surface area contributed by atoms with E-state index in [4.69, 9.17) is 0 Å². The van der Waals surface area contributed by atoms with Gasteiger partial charge in [0.15, 0.2) is 0 Å². The third kappa shape index (κ3) is 2.28. The van der Waals surface area contributed by atoms with E-state index in [-0.39, 0.29) is 12.0 Å². The molecule has 0 aromatic carbocycles. The molecule has 0 bridgehead atoms. The van der Waals surface area contributed by atoms with Crippen LogP contribution in [0.5, 0.6) is 0 Å². The third-order valence-electron chi connectivity index (χ3n) is 2.61. The minimum Gasteiger partial charge on any atom is -0.393 e. The summed E-state index contributed by atoms with van der Waals surface area (Å²) in [5, 5.41) is 9.41. The molecule has 1 heterocycles. The normalized spacial score (nSPS) is 15.5. The van der Waals surface area contributed by atoms with Gasteiger partial charge in [0.25, 0.3) is 0 Å². The van der Waals surface area contributed by atoms with E-state index < -0.39 is 0 Å². The maximum atomic E-state index is 9.41. The lowest BCUT2D eigenvalue weighted by Gasteiger charge is -2.15. The van der Waals surface area contributed by atoms with E-state index in [9.17, 15) is 5.11 Å². The Bertz CT molecular complexity index is 294. The van der Waals surface area contributed by atoms with E-state index in [0.717, 1.165) is 11.3 Å². The van der Waals surface area contributed by atoms with Crippen LogP contribution in [0.4, 0.5) is 0 Å². The van der Waals surface area contributed by atoms with Crippen molar-refractivity contribution in [1.82, 2.24) is 4.98 Å². The molecule has 0 radical (unpaired) electrons. The molecule has 2 unspecified atom stereocenters. The first kappa shape index (κ1) is 10.2. The van der Waals surface area contributed by atoms with Gasteiger partial charge in [0.05, 0.1) is 6.10 Å². The minimum atomic E-state index is -0.316. The molecule has 2 atom stereocenters. The molecular formula is C11H17NO. The van der Waals surface area contributed by atoms with Crippen LogP contribution in [0.1, 0.15) is 36.6 Å². The summed E-state index contributed by atoms with van der Waals surface area (Å²) in [5.74, 6) is 0.159. The maximum Gasteiger partial charge on any atom is 0.0578 e. The number of nitrogens with zero attached hydrogens (tertiary/aromatic N) is 1. The zero-order chi connectivity index (χ0) is 10.0. The highest BCUT2D eigenvalue weighted by Crippen LogP contribution is 2.19. The first-order valence-electron chi connectivity index (χ1n) is 4.63. The van der Waals surface area contributed by atoms with Crippen molar-refractivity contribution in [1.29, 1.82) is 0 Å². The summed E-state index contributed by atoms with van der Waals surface area (Å²) < 4.78 is 0. The molecule has 0 fully saturated rings. The molecular weight excluding hydrogens is 162 g/mol. The SMILES string of the molecule is Cc1cc(C(C)C(C)O)cnc1C. The Balaban J connectivity index is 2.97. The van der Waals surface area contributed by atoms with Gasteiger partial charge in [-0.15, -0.1) is 0 Å². The van der Waals surface area contributed by atoms with Gasteiger partial charge in [0.2, 0.25) is 0 Å². The van der Waals surface area contributed by atoms with Gasteiger partial charge < -0.3 is 5.11 Å². The Labute approximate surface area is 79.6 Å². The second kappa shape index (κ2) is 3.88. The fourth-order valence-corrected chi connectivity index (χ4v) is 1.19. The summed E-state index contributed by atoms with van der Waals surface area (Å²) in [4.78, 5) is 4.27. The average Bonchev–Trinajstić information content (AvgIpc) is 2.08. The molecule has 0 aliphatic rings. The summed E-state index contributed by atoms with van der Waals surface area (Å²) in [6.07, 6.45) is 1.53. The van der Waals surface area contributed by atoms with Crippen LogP contribution >= 0.6 is 0 Å². The lowest BCUT2D eigenvalue weighted by molar-refractivity contribution is 0.169. The van der Waals surface area contributed by atoms with Gasteiger partial charge in [-0.1, -0.05) is 13.0 Å². The molecule has 72 valence electrons. The van der Waals surface area contributed by atoms with Crippen LogP contribution in [-0.2, 0) is 0 Å². The summed E-state index contributed by atoms with van der Waals surface area (Å²) >= 11 is 0. The van der Waals surface area contributed by atoms with E-state index in [1.165, 1.54) is 5.56 Å². The predicted molar refractivity (Wildman–Crippen MR) is 53.8 cm³/mol. The smallest absolute Gasteiger partial charge is 0.0578 e. The summed E-state index contributed by atoms with van der Waals surface area (Å²) in [6.45, 7) is 7.85. The molecule has 1 aromatic heterocycles. The van der Waals surface area contributed by atoms with E-state index in [1.807, 2.05) is 27.0 Å². The fraction of sp³-hybridized carbons (Fsp3) is 0.545. The first-order valence-corrected chi connectivity index (χ1v) is 4.63. The summed E-state index contributed by atoms with van der Waals surface area (Å²) in [5.41, 5.74) is 3.35. The average molecular weight is 179 g/mol. The van der Waals surface area contributed by atoms with Gasteiger partial charge in [-0.2, -0.15) is 0 Å². The van der Waals surface area contributed by atoms with Crippen LogP contribution in [0.15, 0.2) is 12.3 Å². The molecule has 2 nitrogen and oxygen atoms in total. The summed E-state index contributed by atoms with van der Waals surface area (Å²) in [7, 11) is 0. The highest BCUT2D eigenvalue weighted by Gasteiger charge is 2.12. The molecule has 1 N–H and O–H groups in total. The van der Waals surface area contributed by atoms with Crippen molar-refractivity contribution >= 4 is 0 Å². The Morgan fingerprint density at radius 3 is 2.38 bits per heavy atom. The van der Waals surface area contributed by atoms with E-state index in [0.29, 0.717) is 0 Å². The number of hydrogen-bond donors (Lipinski definition) is 1. The molecule has 0 aliphatic heterocycles. The van der Waals surface area contributed by atoms with Gasteiger partial charge in [0.1, 0.15) is 0 Å². The Morgan fingerprint density at radius 2 is 1.92 bits per heavy atom. The van der Waals surface area contributed by atoms with Crippen LogP contribution in [0, 0.1) is 13.8 Å². The zero-order valence-electron chi connectivity index (χ0n) is 8.70. The number of aliphatic hydroxyl groups is 1. The Morgan fingerprint density at radius 1 is 1.31 bits per heavy atom. The molecule has 1 aromatic rings. The quantitative estimate of drug-likeness (QED) is 0.754. The Kier molecular flexibility index (Phi) is 3.04. The molecule has 2 heteroatoms. The van der Waals surface area contributed by atoms with E-state index in [1.54, 1.807) is 6.92 Å². The number of aromatic nitrogens is 1. The maximum absolute atomic E-state index is 9.41. The highest BCUT2D eigenvalue weighted by molar-refractivity contribution is 5.25. The number of aliphatic hydroxyl groups excluding tert-OH is 1. The fourth-order valence-electron chi connectivity index (χ4n) is 1.19. The van der Waals surface area contributed by atoms with Gasteiger partial charge in [-0.3, -0.25) is 4.98 Å². The monoisotopic (exact) mass is 179 g/mol. The van der Waals surface area contributed by atoms with Crippen molar-refractivity contribution in [3.63, 3.8) is 0 Å². The van der Waals surface area contributed by atoms with Crippen LogP contribution in [0.2, 0.25) is 0 Å². The highest BCUT2D eigenvalue weighted by atomic mass is 16.3. The predicted octanol–water partition coefficient (Wildman–Crippen LogP) is 2.18. The van der Waals surface area contributed by atoms with Gasteiger partial charge >= 0.3 is 0 Å². The zero-order valence-corrected chi connectivity index (χ0v) is 8.70. The second-order valence-electron chi connectivity index (χ2n) is 3.70. The minimum absolute atomic E-state index is 0.159. The molecule has 0 amide bonds. The number of hydrogen-bond acceptors (Lipinski definition) is 2. The number of pyridine rings is 1. The van der Waals surface area contributed by atoms with Crippen molar-refractivity contribution in [2.45, 2.75) is 39.7 Å². The molecule has 1 rings (SSSR count). The van der Waals surface area contributed by atoms with Crippen LogP contribution in [-0.4, -0.2) is 16.2 Å². The lowest BCUT2D eigenvalue weighted by Crippen LogP contribution is -2.11. The van der Waals surface area contributed by atoms with Crippen molar-refractivity contribution in [2.24, 2.45) is 0 Å². The number of aryl methyl sites for hydroxylation is 2. The molecule has 0 saturated heterocycles. The van der Waals surface area contributed by atoms with Crippen molar-refractivity contribution in [3.8, 4) is 0 Å². The molecule has 0 spiro atoms. The largest absolute Gasteiger partial charge is 0.393 e. The Hall–Kier alpha value is -0.890.